The van der Waals surface area contributed by atoms with Gasteiger partial charge in [-0.05, 0) is 59.1 Å². The Hall–Kier alpha value is -2.59. The third-order valence-electron chi connectivity index (χ3n) is 5.61. The molecule has 0 radical (unpaired) electrons. The van der Waals surface area contributed by atoms with Gasteiger partial charge in [0.15, 0.2) is 5.78 Å². The first-order valence-electron chi connectivity index (χ1n) is 11.7. The summed E-state index contributed by atoms with van der Waals surface area (Å²) in [5.74, 6) is 7.19. The number of nitrogens with zero attached hydrogens (tertiary/aromatic N) is 1. The van der Waals surface area contributed by atoms with E-state index in [1.54, 1.807) is 11.1 Å². The van der Waals surface area contributed by atoms with Crippen LogP contribution in [0.4, 0.5) is 0 Å². The number of hydrogen-bond donors (Lipinski definition) is 2. The predicted octanol–water partition coefficient (Wildman–Crippen LogP) is 6.43. The predicted molar refractivity (Wildman–Crippen MR) is 140 cm³/mol. The maximum Gasteiger partial charge on any atom is 0.172 e. The van der Waals surface area contributed by atoms with Crippen LogP contribution in [0.3, 0.4) is 0 Å². The molecule has 0 fully saturated rings. The standard InChI is InChI=1S/C26H39N3O.C2H6/c1-9-15-22(16-10-2)21(6)28-25(29(27)19(4)11-3)20(5)24(30)26(7,8)23-17-13-12-14-18-23;1-2/h9-10,12-19,21,28H,1,11,27H2,2-8H3;1-2H3/b16-10-,22-15+,25-20+;. The zero-order valence-corrected chi connectivity index (χ0v) is 21.7. The van der Waals surface area contributed by atoms with E-state index in [1.807, 2.05) is 90.1 Å². The van der Waals surface area contributed by atoms with E-state index < -0.39 is 5.41 Å². The van der Waals surface area contributed by atoms with Crippen LogP contribution in [-0.2, 0) is 10.2 Å². The first-order valence-corrected chi connectivity index (χ1v) is 11.7. The molecule has 0 aromatic heterocycles. The Morgan fingerprint density at radius 1 is 1.22 bits per heavy atom. The molecule has 178 valence electrons. The van der Waals surface area contributed by atoms with Crippen LogP contribution < -0.4 is 11.2 Å². The summed E-state index contributed by atoms with van der Waals surface area (Å²) in [4.78, 5) is 13.6. The van der Waals surface area contributed by atoms with Crippen LogP contribution >= 0.6 is 0 Å². The van der Waals surface area contributed by atoms with Crippen LogP contribution in [0, 0.1) is 0 Å². The fraction of sp³-hybridized carbons (Fsp3) is 0.464. The minimum atomic E-state index is -0.666. The summed E-state index contributed by atoms with van der Waals surface area (Å²) in [6, 6.07) is 9.90. The Balaban J connectivity index is 0.00000466. The van der Waals surface area contributed by atoms with Crippen molar-refractivity contribution in [3.63, 3.8) is 0 Å². The molecule has 1 aromatic rings. The van der Waals surface area contributed by atoms with Gasteiger partial charge in [-0.3, -0.25) is 9.80 Å². The molecule has 1 rings (SSSR count). The number of Topliss-reactive ketones (excluding diaryl/α,β-unsaturated/α-hetero) is 1. The van der Waals surface area contributed by atoms with Gasteiger partial charge in [0, 0.05) is 17.7 Å². The maximum atomic E-state index is 13.6. The largest absolute Gasteiger partial charge is 0.364 e. The van der Waals surface area contributed by atoms with E-state index in [4.69, 9.17) is 5.84 Å². The van der Waals surface area contributed by atoms with Gasteiger partial charge in [0.05, 0.1) is 5.41 Å². The number of carbonyl (C=O) groups excluding carboxylic acids is 1. The van der Waals surface area contributed by atoms with Crippen molar-refractivity contribution < 1.29 is 4.79 Å². The molecule has 0 aliphatic carbocycles. The molecule has 0 aliphatic heterocycles. The summed E-state index contributed by atoms with van der Waals surface area (Å²) in [7, 11) is 0. The van der Waals surface area contributed by atoms with Crippen LogP contribution in [0.5, 0.6) is 0 Å². The molecule has 0 heterocycles. The molecular weight excluding hydrogens is 394 g/mol. The highest BCUT2D eigenvalue weighted by molar-refractivity contribution is 6.03. The minimum Gasteiger partial charge on any atom is -0.364 e. The van der Waals surface area contributed by atoms with Crippen LogP contribution in [0.1, 0.15) is 74.3 Å². The highest BCUT2D eigenvalue weighted by Crippen LogP contribution is 2.28. The first-order chi connectivity index (χ1) is 15.1. The minimum absolute atomic E-state index is 0.0439. The molecule has 0 saturated heterocycles. The number of hydrogen-bond acceptors (Lipinski definition) is 4. The van der Waals surface area contributed by atoms with E-state index in [1.165, 1.54) is 0 Å². The van der Waals surface area contributed by atoms with Gasteiger partial charge < -0.3 is 5.32 Å². The van der Waals surface area contributed by atoms with Gasteiger partial charge in [-0.25, -0.2) is 5.84 Å². The smallest absolute Gasteiger partial charge is 0.172 e. The monoisotopic (exact) mass is 439 g/mol. The van der Waals surface area contributed by atoms with Crippen molar-refractivity contribution in [3.8, 4) is 0 Å². The SMILES string of the molecule is C=C/C=C(\C=C/C)C(C)N/C(=C(/C)C(=O)C(C)(C)c1ccccc1)N(N)C(C)CC.CC. The van der Waals surface area contributed by atoms with E-state index in [0.29, 0.717) is 11.4 Å². The van der Waals surface area contributed by atoms with Gasteiger partial charge in [0.1, 0.15) is 5.82 Å². The van der Waals surface area contributed by atoms with Crippen molar-refractivity contribution in [1.29, 1.82) is 0 Å². The number of carbonyl (C=O) groups is 1. The quantitative estimate of drug-likeness (QED) is 0.180. The lowest BCUT2D eigenvalue weighted by Crippen LogP contribution is -2.47. The summed E-state index contributed by atoms with van der Waals surface area (Å²) < 4.78 is 0. The molecule has 4 heteroatoms. The number of ketones is 1. The Bertz CT molecular complexity index is 803. The Kier molecular flexibility index (Phi) is 13.3. The van der Waals surface area contributed by atoms with Crippen molar-refractivity contribution >= 4 is 5.78 Å². The lowest BCUT2D eigenvalue weighted by atomic mass is 9.78. The molecule has 2 unspecified atom stereocenters. The zero-order chi connectivity index (χ0) is 24.9. The highest BCUT2D eigenvalue weighted by atomic mass is 16.1. The second-order valence-corrected chi connectivity index (χ2v) is 8.23. The Labute approximate surface area is 196 Å². The number of rotatable bonds is 11. The molecule has 0 bridgehead atoms. The molecule has 0 spiro atoms. The third-order valence-corrected chi connectivity index (χ3v) is 5.61. The van der Waals surface area contributed by atoms with Crippen LogP contribution in [0.25, 0.3) is 0 Å². The van der Waals surface area contributed by atoms with E-state index in [0.717, 1.165) is 17.6 Å². The van der Waals surface area contributed by atoms with Gasteiger partial charge in [-0.2, -0.15) is 0 Å². The number of hydrazine groups is 1. The Morgan fingerprint density at radius 2 is 1.78 bits per heavy atom. The fourth-order valence-electron chi connectivity index (χ4n) is 3.32. The van der Waals surface area contributed by atoms with Gasteiger partial charge >= 0.3 is 0 Å². The van der Waals surface area contributed by atoms with E-state index in [2.05, 4.69) is 32.7 Å². The average Bonchev–Trinajstić information content (AvgIpc) is 2.82. The molecule has 3 N–H and O–H groups in total. The first kappa shape index (κ1) is 29.4. The molecule has 32 heavy (non-hydrogen) atoms. The number of allylic oxidation sites excluding steroid dienone is 4. The molecule has 0 amide bonds. The van der Waals surface area contributed by atoms with Crippen LogP contribution in [0.15, 0.2) is 78.2 Å². The number of nitrogens with one attached hydrogen (secondary N) is 1. The van der Waals surface area contributed by atoms with Crippen LogP contribution in [0.2, 0.25) is 0 Å². The Morgan fingerprint density at radius 3 is 2.25 bits per heavy atom. The van der Waals surface area contributed by atoms with Gasteiger partial charge in [-0.15, -0.1) is 0 Å². The van der Waals surface area contributed by atoms with Crippen molar-refractivity contribution in [2.24, 2.45) is 5.84 Å². The maximum absolute atomic E-state index is 13.6. The second kappa shape index (κ2) is 14.5. The number of benzene rings is 1. The fourth-order valence-corrected chi connectivity index (χ4v) is 3.32. The van der Waals surface area contributed by atoms with Crippen molar-refractivity contribution in [3.05, 3.63) is 83.7 Å². The average molecular weight is 440 g/mol. The molecule has 2 atom stereocenters. The highest BCUT2D eigenvalue weighted by Gasteiger charge is 2.33. The summed E-state index contributed by atoms with van der Waals surface area (Å²) in [6.45, 7) is 21.8. The molecule has 0 saturated carbocycles. The van der Waals surface area contributed by atoms with Gasteiger partial charge in [-0.1, -0.05) is 82.0 Å². The van der Waals surface area contributed by atoms with E-state index in [-0.39, 0.29) is 17.9 Å². The van der Waals surface area contributed by atoms with E-state index in [9.17, 15) is 4.79 Å². The van der Waals surface area contributed by atoms with Crippen molar-refractivity contribution in [2.75, 3.05) is 0 Å². The summed E-state index contributed by atoms with van der Waals surface area (Å²) in [6.07, 6.45) is 8.62. The molecule has 1 aromatic carbocycles. The molecular formula is C28H45N3O. The zero-order valence-electron chi connectivity index (χ0n) is 21.7. The number of nitrogens with two attached hydrogens (primary N) is 1. The molecule has 0 aliphatic rings. The normalized spacial score (nSPS) is 14.6. The summed E-state index contributed by atoms with van der Waals surface area (Å²) in [5.41, 5.74) is 2.00. The lowest BCUT2D eigenvalue weighted by Gasteiger charge is -2.34. The lowest BCUT2D eigenvalue weighted by molar-refractivity contribution is -0.120. The van der Waals surface area contributed by atoms with E-state index >= 15 is 0 Å². The van der Waals surface area contributed by atoms with Crippen molar-refractivity contribution in [1.82, 2.24) is 10.3 Å². The van der Waals surface area contributed by atoms with Crippen LogP contribution in [-0.4, -0.2) is 22.9 Å². The summed E-state index contributed by atoms with van der Waals surface area (Å²) in [5, 5.41) is 5.18. The topological polar surface area (TPSA) is 58.4 Å². The van der Waals surface area contributed by atoms with Gasteiger partial charge in [0.2, 0.25) is 0 Å². The third kappa shape index (κ3) is 7.83. The van der Waals surface area contributed by atoms with Crippen molar-refractivity contribution in [2.45, 2.75) is 86.2 Å². The second-order valence-electron chi connectivity index (χ2n) is 8.23. The van der Waals surface area contributed by atoms with Gasteiger partial charge in [0.25, 0.3) is 0 Å². The summed E-state index contributed by atoms with van der Waals surface area (Å²) >= 11 is 0. The molecule has 4 nitrogen and oxygen atoms in total.